The van der Waals surface area contributed by atoms with E-state index in [1.807, 2.05) is 36.1 Å². The predicted octanol–water partition coefficient (Wildman–Crippen LogP) is 3.24. The Labute approximate surface area is 154 Å². The van der Waals surface area contributed by atoms with Crippen molar-refractivity contribution in [2.24, 2.45) is 11.3 Å². The molecule has 2 aromatic rings. The van der Waals surface area contributed by atoms with E-state index in [4.69, 9.17) is 4.74 Å². The highest BCUT2D eigenvalue weighted by Gasteiger charge is 2.50. The van der Waals surface area contributed by atoms with E-state index in [0.717, 1.165) is 37.4 Å². The molecular weight excluding hydrogens is 326 g/mol. The number of amides is 1. The van der Waals surface area contributed by atoms with Crippen molar-refractivity contribution in [3.63, 3.8) is 0 Å². The molecule has 0 spiro atoms. The third-order valence-electron chi connectivity index (χ3n) is 5.89. The summed E-state index contributed by atoms with van der Waals surface area (Å²) < 4.78 is 6.08. The van der Waals surface area contributed by atoms with Crippen LogP contribution >= 0.6 is 0 Å². The molecule has 1 amide bonds. The molecule has 136 valence electrons. The molecule has 4 rings (SSSR count). The van der Waals surface area contributed by atoms with Crippen LogP contribution in [0.2, 0.25) is 0 Å². The standard InChI is InChI=1S/C21H25N3O2/c1-16-4-5-18(11-23-16)20(25)24-12-19-3-2-8-21(19,14-24)15-26-13-17-6-9-22-10-7-17/h4-7,9-11,19H,2-3,8,12-15H2,1H3/t19-,21+/m1/s1. The number of carbonyl (C=O) groups excluding carboxylic acids is 1. The topological polar surface area (TPSA) is 55.3 Å². The van der Waals surface area contributed by atoms with E-state index in [1.165, 1.54) is 12.8 Å². The molecule has 0 radical (unpaired) electrons. The fraction of sp³-hybridized carbons (Fsp3) is 0.476. The van der Waals surface area contributed by atoms with Gasteiger partial charge in [0.15, 0.2) is 0 Å². The van der Waals surface area contributed by atoms with Crippen LogP contribution in [0.4, 0.5) is 0 Å². The van der Waals surface area contributed by atoms with Crippen LogP contribution in [-0.4, -0.2) is 40.5 Å². The van der Waals surface area contributed by atoms with Crippen LogP contribution in [0.3, 0.4) is 0 Å². The Balaban J connectivity index is 1.41. The van der Waals surface area contributed by atoms with Crippen LogP contribution in [0, 0.1) is 18.3 Å². The van der Waals surface area contributed by atoms with E-state index in [9.17, 15) is 4.79 Å². The van der Waals surface area contributed by atoms with E-state index in [1.54, 1.807) is 18.6 Å². The van der Waals surface area contributed by atoms with Crippen LogP contribution in [0.1, 0.15) is 40.9 Å². The number of carbonyl (C=O) groups is 1. The zero-order chi connectivity index (χ0) is 18.0. The molecule has 2 aromatic heterocycles. The molecule has 5 heteroatoms. The van der Waals surface area contributed by atoms with Crippen molar-refractivity contribution in [2.75, 3.05) is 19.7 Å². The summed E-state index contributed by atoms with van der Waals surface area (Å²) in [6.07, 6.45) is 8.84. The number of aromatic nitrogens is 2. The minimum atomic E-state index is 0.0976. The molecule has 0 bridgehead atoms. The van der Waals surface area contributed by atoms with Crippen molar-refractivity contribution >= 4 is 5.91 Å². The van der Waals surface area contributed by atoms with Crippen molar-refractivity contribution in [1.29, 1.82) is 0 Å². The normalized spacial score (nSPS) is 24.7. The van der Waals surface area contributed by atoms with Gasteiger partial charge in [-0.1, -0.05) is 6.42 Å². The minimum absolute atomic E-state index is 0.0976. The van der Waals surface area contributed by atoms with Gasteiger partial charge in [0.25, 0.3) is 5.91 Å². The van der Waals surface area contributed by atoms with Gasteiger partial charge in [-0.15, -0.1) is 0 Å². The number of likely N-dealkylation sites (tertiary alicyclic amines) is 1. The van der Waals surface area contributed by atoms with Gasteiger partial charge in [0.2, 0.25) is 0 Å². The highest BCUT2D eigenvalue weighted by atomic mass is 16.5. The summed E-state index contributed by atoms with van der Waals surface area (Å²) in [6.45, 7) is 4.89. The second-order valence-electron chi connectivity index (χ2n) is 7.67. The Bertz CT molecular complexity index is 763. The Hall–Kier alpha value is -2.27. The Morgan fingerprint density at radius 2 is 2.15 bits per heavy atom. The van der Waals surface area contributed by atoms with Crippen molar-refractivity contribution in [1.82, 2.24) is 14.9 Å². The largest absolute Gasteiger partial charge is 0.376 e. The maximum atomic E-state index is 12.9. The third-order valence-corrected chi connectivity index (χ3v) is 5.89. The van der Waals surface area contributed by atoms with Crippen LogP contribution in [-0.2, 0) is 11.3 Å². The maximum absolute atomic E-state index is 12.9. The summed E-state index contributed by atoms with van der Waals surface area (Å²) in [5.41, 5.74) is 2.87. The molecule has 2 aliphatic rings. The smallest absolute Gasteiger partial charge is 0.255 e. The zero-order valence-electron chi connectivity index (χ0n) is 15.2. The molecule has 5 nitrogen and oxygen atoms in total. The monoisotopic (exact) mass is 351 g/mol. The van der Waals surface area contributed by atoms with Crippen LogP contribution in [0.5, 0.6) is 0 Å². The lowest BCUT2D eigenvalue weighted by Crippen LogP contribution is -2.34. The fourth-order valence-corrected chi connectivity index (χ4v) is 4.43. The number of ether oxygens (including phenoxy) is 1. The maximum Gasteiger partial charge on any atom is 0.255 e. The molecule has 1 aliphatic carbocycles. The van der Waals surface area contributed by atoms with Gasteiger partial charge in [0.1, 0.15) is 0 Å². The second-order valence-corrected chi connectivity index (χ2v) is 7.67. The lowest BCUT2D eigenvalue weighted by molar-refractivity contribution is 0.0265. The molecule has 0 N–H and O–H groups in total. The summed E-state index contributed by atoms with van der Waals surface area (Å²) in [4.78, 5) is 23.2. The third kappa shape index (κ3) is 3.36. The van der Waals surface area contributed by atoms with Crippen LogP contribution in [0.15, 0.2) is 42.9 Å². The van der Waals surface area contributed by atoms with Gasteiger partial charge < -0.3 is 9.64 Å². The molecule has 2 fully saturated rings. The van der Waals surface area contributed by atoms with Gasteiger partial charge in [0, 0.05) is 42.8 Å². The van der Waals surface area contributed by atoms with E-state index in [2.05, 4.69) is 9.97 Å². The number of nitrogens with zero attached hydrogens (tertiary/aromatic N) is 3. The Morgan fingerprint density at radius 3 is 2.92 bits per heavy atom. The lowest BCUT2D eigenvalue weighted by Gasteiger charge is -2.28. The van der Waals surface area contributed by atoms with E-state index < -0.39 is 0 Å². The molecule has 26 heavy (non-hydrogen) atoms. The van der Waals surface area contributed by atoms with Gasteiger partial charge in [0.05, 0.1) is 18.8 Å². The molecule has 0 aromatic carbocycles. The summed E-state index contributed by atoms with van der Waals surface area (Å²) in [5, 5.41) is 0. The molecule has 1 saturated carbocycles. The minimum Gasteiger partial charge on any atom is -0.376 e. The first-order valence-corrected chi connectivity index (χ1v) is 9.35. The first-order valence-electron chi connectivity index (χ1n) is 9.35. The zero-order valence-corrected chi connectivity index (χ0v) is 15.2. The van der Waals surface area contributed by atoms with Crippen molar-refractivity contribution in [3.05, 3.63) is 59.7 Å². The van der Waals surface area contributed by atoms with E-state index in [0.29, 0.717) is 18.1 Å². The highest BCUT2D eigenvalue weighted by Crippen LogP contribution is 2.49. The summed E-state index contributed by atoms with van der Waals surface area (Å²) in [6, 6.07) is 7.75. The number of fused-ring (bicyclic) bond motifs is 1. The SMILES string of the molecule is Cc1ccc(C(=O)N2C[C@H]3CCC[C@@]3(COCc3ccncc3)C2)cn1. The van der Waals surface area contributed by atoms with Crippen molar-refractivity contribution in [2.45, 2.75) is 32.8 Å². The Kier molecular flexibility index (Phi) is 4.72. The Morgan fingerprint density at radius 1 is 1.31 bits per heavy atom. The molecular formula is C21H25N3O2. The molecule has 1 saturated heterocycles. The first-order chi connectivity index (χ1) is 12.7. The van der Waals surface area contributed by atoms with Crippen LogP contribution in [0.25, 0.3) is 0 Å². The number of pyridine rings is 2. The van der Waals surface area contributed by atoms with Gasteiger partial charge in [-0.05, 0) is 55.5 Å². The van der Waals surface area contributed by atoms with E-state index in [-0.39, 0.29) is 11.3 Å². The second kappa shape index (κ2) is 7.16. The first kappa shape index (κ1) is 17.2. The molecule has 2 atom stereocenters. The molecule has 3 heterocycles. The van der Waals surface area contributed by atoms with Gasteiger partial charge in [-0.2, -0.15) is 0 Å². The van der Waals surface area contributed by atoms with Gasteiger partial charge >= 0.3 is 0 Å². The van der Waals surface area contributed by atoms with Crippen molar-refractivity contribution in [3.8, 4) is 0 Å². The van der Waals surface area contributed by atoms with Gasteiger partial charge in [-0.3, -0.25) is 14.8 Å². The summed E-state index contributed by atoms with van der Waals surface area (Å²) in [5.74, 6) is 0.641. The quantitative estimate of drug-likeness (QED) is 0.830. The van der Waals surface area contributed by atoms with Gasteiger partial charge in [-0.25, -0.2) is 0 Å². The summed E-state index contributed by atoms with van der Waals surface area (Å²) in [7, 11) is 0. The highest BCUT2D eigenvalue weighted by molar-refractivity contribution is 5.94. The average molecular weight is 351 g/mol. The lowest BCUT2D eigenvalue weighted by atomic mass is 9.81. The number of aryl methyl sites for hydroxylation is 1. The van der Waals surface area contributed by atoms with Crippen LogP contribution < -0.4 is 0 Å². The van der Waals surface area contributed by atoms with Crippen molar-refractivity contribution < 1.29 is 9.53 Å². The molecule has 1 aliphatic heterocycles. The predicted molar refractivity (Wildman–Crippen MR) is 98.5 cm³/mol. The van der Waals surface area contributed by atoms with E-state index >= 15 is 0 Å². The summed E-state index contributed by atoms with van der Waals surface area (Å²) >= 11 is 0. The molecule has 0 unspecified atom stereocenters. The number of hydrogen-bond acceptors (Lipinski definition) is 4. The number of rotatable bonds is 5. The average Bonchev–Trinajstić information content (AvgIpc) is 3.20. The fourth-order valence-electron chi connectivity index (χ4n) is 4.43. The number of hydrogen-bond donors (Lipinski definition) is 0.